The predicted molar refractivity (Wildman–Crippen MR) is 38.4 cm³/mol. The molecule has 0 aliphatic rings. The molecular weight excluding hydrogens is 144 g/mol. The highest BCUT2D eigenvalue weighted by Crippen LogP contribution is 2.14. The van der Waals surface area contributed by atoms with Crippen molar-refractivity contribution in [2.45, 2.75) is 13.3 Å². The number of hydrogen-bond acceptors (Lipinski definition) is 2. The van der Waals surface area contributed by atoms with Gasteiger partial charge >= 0.3 is 0 Å². The molecule has 0 aromatic heterocycles. The predicted octanol–water partition coefficient (Wildman–Crippen LogP) is 1.71. The smallest absolute Gasteiger partial charge is 0.112 e. The van der Waals surface area contributed by atoms with E-state index in [1.165, 1.54) is 0 Å². The van der Waals surface area contributed by atoms with Crippen LogP contribution in [0.25, 0.3) is 0 Å². The van der Waals surface area contributed by atoms with Gasteiger partial charge in [0.15, 0.2) is 0 Å². The Balaban J connectivity index is 2.53. The molecule has 0 aliphatic heterocycles. The molecule has 0 saturated carbocycles. The first-order valence-corrected chi connectivity index (χ1v) is 4.52. The lowest BCUT2D eigenvalue weighted by Crippen LogP contribution is -2.15. The SMILES string of the molecule is CCCNCOPCl. The van der Waals surface area contributed by atoms with Crippen LogP contribution in [-0.4, -0.2) is 13.3 Å². The molecule has 1 unspecified atom stereocenters. The maximum Gasteiger partial charge on any atom is 0.112 e. The van der Waals surface area contributed by atoms with Crippen molar-refractivity contribution in [2.75, 3.05) is 13.3 Å². The lowest BCUT2D eigenvalue weighted by atomic mass is 10.5. The summed E-state index contributed by atoms with van der Waals surface area (Å²) in [6, 6.07) is 0. The van der Waals surface area contributed by atoms with Crippen LogP contribution in [0, 0.1) is 0 Å². The van der Waals surface area contributed by atoms with Gasteiger partial charge in [0.1, 0.15) is 14.9 Å². The summed E-state index contributed by atoms with van der Waals surface area (Å²) in [5.41, 5.74) is 0. The van der Waals surface area contributed by atoms with E-state index in [1.807, 2.05) is 0 Å². The van der Waals surface area contributed by atoms with Gasteiger partial charge in [0.05, 0.1) is 0 Å². The molecule has 0 aromatic carbocycles. The Kier molecular flexibility index (Phi) is 8.25. The molecule has 0 saturated heterocycles. The average molecular weight is 156 g/mol. The monoisotopic (exact) mass is 155 g/mol. The maximum absolute atomic E-state index is 5.25. The first-order valence-electron chi connectivity index (χ1n) is 2.60. The van der Waals surface area contributed by atoms with Crippen molar-refractivity contribution in [2.24, 2.45) is 0 Å². The molecule has 2 nitrogen and oxygen atoms in total. The van der Waals surface area contributed by atoms with Gasteiger partial charge < -0.3 is 4.52 Å². The first kappa shape index (κ1) is 8.64. The molecule has 0 spiro atoms. The third-order valence-corrected chi connectivity index (χ3v) is 1.24. The normalized spacial score (nSPS) is 11.2. The van der Waals surface area contributed by atoms with Crippen LogP contribution in [0.5, 0.6) is 0 Å². The fraction of sp³-hybridized carbons (Fsp3) is 1.00. The largest absolute Gasteiger partial charge is 0.331 e. The van der Waals surface area contributed by atoms with Gasteiger partial charge in [-0.1, -0.05) is 18.2 Å². The maximum atomic E-state index is 5.25. The summed E-state index contributed by atoms with van der Waals surface area (Å²) in [5, 5.41) is 3.04. The molecule has 1 atom stereocenters. The Bertz CT molecular complexity index is 41.0. The van der Waals surface area contributed by atoms with Crippen LogP contribution < -0.4 is 5.32 Å². The number of hydrogen-bond donors (Lipinski definition) is 1. The van der Waals surface area contributed by atoms with Crippen molar-refractivity contribution < 1.29 is 4.52 Å². The zero-order chi connectivity index (χ0) is 6.24. The van der Waals surface area contributed by atoms with Gasteiger partial charge in [0.25, 0.3) is 0 Å². The molecule has 1 N–H and O–H groups in total. The van der Waals surface area contributed by atoms with Gasteiger partial charge in [-0.15, -0.1) is 0 Å². The second-order valence-electron chi connectivity index (χ2n) is 1.37. The highest BCUT2D eigenvalue weighted by Gasteiger charge is 1.80. The average Bonchev–Trinajstić information content (AvgIpc) is 1.81. The molecular formula is C4H11ClNOP. The lowest BCUT2D eigenvalue weighted by molar-refractivity contribution is 0.327. The quantitative estimate of drug-likeness (QED) is 0.371. The summed E-state index contributed by atoms with van der Waals surface area (Å²) in [7, 11) is 0.0788. The summed E-state index contributed by atoms with van der Waals surface area (Å²) in [4.78, 5) is 0. The summed E-state index contributed by atoms with van der Waals surface area (Å²) >= 11 is 5.25. The van der Waals surface area contributed by atoms with Crippen LogP contribution in [0.2, 0.25) is 0 Å². The summed E-state index contributed by atoms with van der Waals surface area (Å²) in [6.07, 6.45) is 1.13. The van der Waals surface area contributed by atoms with Gasteiger partial charge in [-0.05, 0) is 13.0 Å². The van der Waals surface area contributed by atoms with Crippen molar-refractivity contribution in [1.29, 1.82) is 0 Å². The summed E-state index contributed by atoms with van der Waals surface area (Å²) in [6.45, 7) is 3.69. The van der Waals surface area contributed by atoms with Crippen LogP contribution >= 0.6 is 19.4 Å². The van der Waals surface area contributed by atoms with E-state index >= 15 is 0 Å². The van der Waals surface area contributed by atoms with E-state index in [0.29, 0.717) is 6.73 Å². The van der Waals surface area contributed by atoms with Crippen LogP contribution in [0.4, 0.5) is 0 Å². The zero-order valence-corrected chi connectivity index (χ0v) is 6.66. The molecule has 0 aromatic rings. The lowest BCUT2D eigenvalue weighted by Gasteiger charge is -1.98. The molecule has 0 heterocycles. The molecule has 0 bridgehead atoms. The van der Waals surface area contributed by atoms with Crippen LogP contribution in [0.3, 0.4) is 0 Å². The highest BCUT2D eigenvalue weighted by atomic mass is 35.7. The van der Waals surface area contributed by atoms with E-state index in [4.69, 9.17) is 15.8 Å². The minimum atomic E-state index is 0.0788. The van der Waals surface area contributed by atoms with Crippen molar-refractivity contribution in [1.82, 2.24) is 5.32 Å². The topological polar surface area (TPSA) is 21.3 Å². The van der Waals surface area contributed by atoms with Crippen molar-refractivity contribution in [3.63, 3.8) is 0 Å². The molecule has 0 radical (unpaired) electrons. The van der Waals surface area contributed by atoms with E-state index in [2.05, 4.69) is 12.2 Å². The van der Waals surface area contributed by atoms with E-state index in [1.54, 1.807) is 0 Å². The fourth-order valence-electron chi connectivity index (χ4n) is 0.327. The first-order chi connectivity index (χ1) is 3.91. The second kappa shape index (κ2) is 7.64. The Morgan fingerprint density at radius 1 is 1.75 bits per heavy atom. The minimum Gasteiger partial charge on any atom is -0.331 e. The van der Waals surface area contributed by atoms with Gasteiger partial charge in [0.2, 0.25) is 0 Å². The van der Waals surface area contributed by atoms with E-state index in [9.17, 15) is 0 Å². The summed E-state index contributed by atoms with van der Waals surface area (Å²) in [5.74, 6) is 0. The van der Waals surface area contributed by atoms with E-state index < -0.39 is 0 Å². The van der Waals surface area contributed by atoms with E-state index in [-0.39, 0.29) is 8.16 Å². The molecule has 50 valence electrons. The van der Waals surface area contributed by atoms with Crippen molar-refractivity contribution in [3.8, 4) is 0 Å². The Morgan fingerprint density at radius 2 is 2.50 bits per heavy atom. The number of nitrogens with one attached hydrogen (secondary N) is 1. The van der Waals surface area contributed by atoms with Gasteiger partial charge in [0, 0.05) is 0 Å². The molecule has 0 rings (SSSR count). The van der Waals surface area contributed by atoms with E-state index in [0.717, 1.165) is 13.0 Å². The fourth-order valence-corrected chi connectivity index (χ4v) is 0.648. The molecule has 8 heavy (non-hydrogen) atoms. The third-order valence-electron chi connectivity index (χ3n) is 0.656. The second-order valence-corrected chi connectivity index (χ2v) is 2.27. The molecule has 0 aliphatic carbocycles. The Labute approximate surface area is 56.6 Å². The van der Waals surface area contributed by atoms with Gasteiger partial charge in [-0.2, -0.15) is 0 Å². The third kappa shape index (κ3) is 6.64. The molecule has 4 heteroatoms. The number of halogens is 1. The zero-order valence-electron chi connectivity index (χ0n) is 4.91. The van der Waals surface area contributed by atoms with Crippen LogP contribution in [0.1, 0.15) is 13.3 Å². The van der Waals surface area contributed by atoms with Crippen molar-refractivity contribution in [3.05, 3.63) is 0 Å². The highest BCUT2D eigenvalue weighted by molar-refractivity contribution is 7.64. The minimum absolute atomic E-state index is 0.0788. The molecule has 0 amide bonds. The van der Waals surface area contributed by atoms with Gasteiger partial charge in [-0.3, -0.25) is 5.32 Å². The van der Waals surface area contributed by atoms with Crippen LogP contribution in [-0.2, 0) is 4.52 Å². The molecule has 0 fully saturated rings. The van der Waals surface area contributed by atoms with Crippen LogP contribution in [0.15, 0.2) is 0 Å². The summed E-state index contributed by atoms with van der Waals surface area (Å²) < 4.78 is 4.82. The Hall–Kier alpha value is 0.640. The van der Waals surface area contributed by atoms with Gasteiger partial charge in [-0.25, -0.2) is 0 Å². The Morgan fingerprint density at radius 3 is 3.00 bits per heavy atom. The standard InChI is InChI=1S/C4H11ClNOP/c1-2-3-6-4-7-8-5/h6,8H,2-4H2,1H3. The number of rotatable bonds is 5. The van der Waals surface area contributed by atoms with Crippen molar-refractivity contribution >= 4 is 19.4 Å².